The van der Waals surface area contributed by atoms with Gasteiger partial charge < -0.3 is 19.5 Å². The van der Waals surface area contributed by atoms with Crippen LogP contribution in [0.15, 0.2) is 42.5 Å². The summed E-state index contributed by atoms with van der Waals surface area (Å²) < 4.78 is 31.1. The highest BCUT2D eigenvalue weighted by Gasteiger charge is 2.28. The fourth-order valence-corrected chi connectivity index (χ4v) is 3.16. The Labute approximate surface area is 166 Å². The van der Waals surface area contributed by atoms with Gasteiger partial charge in [-0.25, -0.2) is 9.07 Å². The van der Waals surface area contributed by atoms with Gasteiger partial charge in [-0.15, -0.1) is 5.10 Å². The molecule has 1 aromatic heterocycles. The average Bonchev–Trinajstić information content (AvgIpc) is 3.17. The topological polar surface area (TPSA) is 87.5 Å². The number of rotatable bonds is 5. The van der Waals surface area contributed by atoms with Crippen LogP contribution in [0, 0.1) is 5.82 Å². The normalized spacial score (nSPS) is 15.5. The number of hydrogen-bond donors (Lipinski definition) is 1. The molecule has 0 saturated heterocycles. The molecule has 0 fully saturated rings. The van der Waals surface area contributed by atoms with Crippen LogP contribution in [0.4, 0.5) is 10.1 Å². The summed E-state index contributed by atoms with van der Waals surface area (Å²) in [6, 6.07) is 11.2. The molecule has 1 aliphatic rings. The number of amides is 1. The van der Waals surface area contributed by atoms with Gasteiger partial charge in [0.1, 0.15) is 23.4 Å². The van der Waals surface area contributed by atoms with Gasteiger partial charge in [0.05, 0.1) is 38.8 Å². The molecule has 8 nitrogen and oxygen atoms in total. The van der Waals surface area contributed by atoms with Crippen molar-refractivity contribution < 1.29 is 23.4 Å². The van der Waals surface area contributed by atoms with Crippen LogP contribution in [0.5, 0.6) is 11.5 Å². The molecule has 9 heteroatoms. The Balaban J connectivity index is 1.53. The molecule has 0 unspecified atom stereocenters. The Morgan fingerprint density at radius 2 is 2.00 bits per heavy atom. The number of anilines is 1. The lowest BCUT2D eigenvalue weighted by Gasteiger charge is -2.24. The number of ether oxygens (including phenoxy) is 3. The second kappa shape index (κ2) is 7.88. The van der Waals surface area contributed by atoms with Crippen LogP contribution in [-0.2, 0) is 17.9 Å². The van der Waals surface area contributed by atoms with Crippen LogP contribution in [0.25, 0.3) is 0 Å². The number of carbonyl (C=O) groups excluding carboxylic acids is 1. The summed E-state index contributed by atoms with van der Waals surface area (Å²) >= 11 is 0. The van der Waals surface area contributed by atoms with E-state index in [1.54, 1.807) is 35.0 Å². The van der Waals surface area contributed by atoms with E-state index >= 15 is 0 Å². The fraction of sp³-hybridized carbons (Fsp3) is 0.250. The quantitative estimate of drug-likeness (QED) is 0.711. The van der Waals surface area contributed by atoms with Crippen LogP contribution in [0.3, 0.4) is 0 Å². The molecule has 0 saturated carbocycles. The molecule has 0 spiro atoms. The summed E-state index contributed by atoms with van der Waals surface area (Å²) in [4.78, 5) is 12.8. The Bertz CT molecular complexity index is 1040. The first-order valence-electron chi connectivity index (χ1n) is 8.92. The minimum Gasteiger partial charge on any atom is -0.497 e. The number of aromatic nitrogens is 3. The molecule has 0 radical (unpaired) electrons. The molecular weight excluding hydrogens is 379 g/mol. The third kappa shape index (κ3) is 3.77. The average molecular weight is 398 g/mol. The van der Waals surface area contributed by atoms with Crippen molar-refractivity contribution in [3.8, 4) is 11.5 Å². The molecule has 1 aliphatic heterocycles. The molecular formula is C20H19FN4O4. The van der Waals surface area contributed by atoms with Crippen LogP contribution >= 0.6 is 0 Å². The third-order valence-electron chi connectivity index (χ3n) is 4.71. The van der Waals surface area contributed by atoms with Crippen molar-refractivity contribution in [3.05, 3.63) is 65.2 Å². The number of carbonyl (C=O) groups is 1. The Morgan fingerprint density at radius 3 is 2.72 bits per heavy atom. The van der Waals surface area contributed by atoms with Crippen molar-refractivity contribution in [3.63, 3.8) is 0 Å². The van der Waals surface area contributed by atoms with E-state index in [9.17, 15) is 9.18 Å². The molecule has 1 atom stereocenters. The first-order chi connectivity index (χ1) is 14.1. The minimum absolute atomic E-state index is 0.160. The van der Waals surface area contributed by atoms with Crippen molar-refractivity contribution in [1.82, 2.24) is 15.0 Å². The maximum Gasteiger partial charge on any atom is 0.278 e. The Morgan fingerprint density at radius 1 is 1.21 bits per heavy atom. The highest BCUT2D eigenvalue weighted by atomic mass is 19.1. The van der Waals surface area contributed by atoms with Crippen molar-refractivity contribution in [2.75, 3.05) is 19.5 Å². The Hall–Kier alpha value is -3.46. The number of fused-ring (bicyclic) bond motifs is 1. The zero-order valence-electron chi connectivity index (χ0n) is 15.9. The molecule has 2 aromatic carbocycles. The van der Waals surface area contributed by atoms with Crippen LogP contribution in [0.1, 0.15) is 27.8 Å². The lowest BCUT2D eigenvalue weighted by atomic mass is 10.1. The van der Waals surface area contributed by atoms with E-state index in [-0.39, 0.29) is 24.2 Å². The summed E-state index contributed by atoms with van der Waals surface area (Å²) in [7, 11) is 3.05. The monoisotopic (exact) mass is 398 g/mol. The zero-order valence-corrected chi connectivity index (χ0v) is 15.9. The van der Waals surface area contributed by atoms with Gasteiger partial charge in [-0.2, -0.15) is 0 Å². The number of nitrogens with zero attached hydrogens (tertiary/aromatic N) is 3. The predicted octanol–water partition coefficient (Wildman–Crippen LogP) is 2.96. The molecule has 1 N–H and O–H groups in total. The van der Waals surface area contributed by atoms with Crippen LogP contribution in [-0.4, -0.2) is 35.1 Å². The van der Waals surface area contributed by atoms with E-state index in [1.807, 2.05) is 0 Å². The van der Waals surface area contributed by atoms with Gasteiger partial charge in [-0.05, 0) is 29.8 Å². The van der Waals surface area contributed by atoms with Gasteiger partial charge >= 0.3 is 0 Å². The lowest BCUT2D eigenvalue weighted by Crippen LogP contribution is -2.24. The summed E-state index contributed by atoms with van der Waals surface area (Å²) in [5, 5.41) is 10.9. The van der Waals surface area contributed by atoms with E-state index in [2.05, 4.69) is 15.6 Å². The Kier molecular flexibility index (Phi) is 5.13. The minimum atomic E-state index is -0.429. The van der Waals surface area contributed by atoms with Crippen molar-refractivity contribution in [2.45, 2.75) is 19.3 Å². The smallest absolute Gasteiger partial charge is 0.278 e. The number of nitrogens with one attached hydrogen (secondary N) is 1. The summed E-state index contributed by atoms with van der Waals surface area (Å²) in [6.45, 7) is 0.538. The second-order valence-electron chi connectivity index (χ2n) is 6.44. The van der Waals surface area contributed by atoms with Gasteiger partial charge in [0, 0.05) is 6.07 Å². The highest BCUT2D eigenvalue weighted by Crippen LogP contribution is 2.30. The van der Waals surface area contributed by atoms with Gasteiger partial charge in [0.25, 0.3) is 5.91 Å². The molecule has 0 bridgehead atoms. The predicted molar refractivity (Wildman–Crippen MR) is 101 cm³/mol. The maximum atomic E-state index is 13.1. The van der Waals surface area contributed by atoms with E-state index in [1.165, 1.54) is 26.4 Å². The van der Waals surface area contributed by atoms with Crippen LogP contribution in [0.2, 0.25) is 0 Å². The molecule has 2 heterocycles. The summed E-state index contributed by atoms with van der Waals surface area (Å²) in [5.41, 5.74) is 2.04. The number of hydrogen-bond acceptors (Lipinski definition) is 6. The van der Waals surface area contributed by atoms with Gasteiger partial charge in [0.2, 0.25) is 0 Å². The van der Waals surface area contributed by atoms with E-state index in [4.69, 9.17) is 14.2 Å². The lowest BCUT2D eigenvalue weighted by molar-refractivity contribution is -0.00174. The molecule has 29 heavy (non-hydrogen) atoms. The summed E-state index contributed by atoms with van der Waals surface area (Å²) in [6.07, 6.45) is -0.292. The molecule has 3 aromatic rings. The van der Waals surface area contributed by atoms with E-state index < -0.39 is 5.91 Å². The molecule has 0 aliphatic carbocycles. The highest BCUT2D eigenvalue weighted by molar-refractivity contribution is 6.04. The number of benzene rings is 2. The molecule has 150 valence electrons. The largest absolute Gasteiger partial charge is 0.497 e. The van der Waals surface area contributed by atoms with Crippen LogP contribution < -0.4 is 14.8 Å². The van der Waals surface area contributed by atoms with Gasteiger partial charge in [0.15, 0.2) is 5.69 Å². The van der Waals surface area contributed by atoms with Crippen molar-refractivity contribution in [2.24, 2.45) is 0 Å². The standard InChI is InChI=1S/C20H19FN4O4/c1-27-14-7-8-17(28-2)15(9-14)22-20(26)19-16-11-29-18(10-25(16)24-23-19)12-3-5-13(21)6-4-12/h3-9,18H,10-11H2,1-2H3,(H,22,26)/t18-/m1/s1. The SMILES string of the molecule is COc1ccc(OC)c(NC(=O)c2nnn3c2CO[C@@H](c2ccc(F)cc2)C3)c1. The summed E-state index contributed by atoms with van der Waals surface area (Å²) in [5.74, 6) is 0.337. The zero-order chi connectivity index (χ0) is 20.4. The number of methoxy groups -OCH3 is 2. The first kappa shape index (κ1) is 18.9. The van der Waals surface area contributed by atoms with Gasteiger partial charge in [-0.3, -0.25) is 4.79 Å². The van der Waals surface area contributed by atoms with E-state index in [0.29, 0.717) is 29.4 Å². The van der Waals surface area contributed by atoms with Crippen molar-refractivity contribution >= 4 is 11.6 Å². The molecule has 1 amide bonds. The maximum absolute atomic E-state index is 13.1. The first-order valence-corrected chi connectivity index (χ1v) is 8.92. The molecule has 4 rings (SSSR count). The van der Waals surface area contributed by atoms with Crippen molar-refractivity contribution in [1.29, 1.82) is 0 Å². The third-order valence-corrected chi connectivity index (χ3v) is 4.71. The van der Waals surface area contributed by atoms with E-state index in [0.717, 1.165) is 5.56 Å². The fourth-order valence-electron chi connectivity index (χ4n) is 3.16. The number of halogens is 1. The second-order valence-corrected chi connectivity index (χ2v) is 6.44. The van der Waals surface area contributed by atoms with Gasteiger partial charge in [-0.1, -0.05) is 17.3 Å².